The fraction of sp³-hybridized carbons (Fsp3) is 0.286. The molecular weight excluding hydrogens is 430 g/mol. The van der Waals surface area contributed by atoms with Crippen molar-refractivity contribution in [1.82, 2.24) is 14.9 Å². The fourth-order valence-electron chi connectivity index (χ4n) is 4.01. The van der Waals surface area contributed by atoms with Gasteiger partial charge in [0, 0.05) is 24.5 Å². The van der Waals surface area contributed by atoms with Crippen LogP contribution in [0.2, 0.25) is 5.02 Å². The van der Waals surface area contributed by atoms with E-state index in [2.05, 4.69) is 66.2 Å². The summed E-state index contributed by atoms with van der Waals surface area (Å²) in [5, 5.41) is 3.71. The standard InChI is InChI=1S/C28H30ClN3O/c1-20(2)23-13-9-22(10-14-23)19-32-26-7-4-3-6-25(26)31-27(32)8-5-17-30-28(33)18-21-11-15-24(29)16-12-21/h3-4,6-7,9-16,20H,5,8,17-19H2,1-2H3,(H,30,33). The van der Waals surface area contributed by atoms with E-state index < -0.39 is 0 Å². The summed E-state index contributed by atoms with van der Waals surface area (Å²) in [5.74, 6) is 1.60. The predicted molar refractivity (Wildman–Crippen MR) is 136 cm³/mol. The van der Waals surface area contributed by atoms with E-state index in [4.69, 9.17) is 16.6 Å². The van der Waals surface area contributed by atoms with E-state index in [9.17, 15) is 4.79 Å². The van der Waals surface area contributed by atoms with Gasteiger partial charge < -0.3 is 9.88 Å². The van der Waals surface area contributed by atoms with Crippen LogP contribution in [0.25, 0.3) is 11.0 Å². The van der Waals surface area contributed by atoms with Gasteiger partial charge in [0.15, 0.2) is 0 Å². The zero-order valence-electron chi connectivity index (χ0n) is 19.2. The van der Waals surface area contributed by atoms with Crippen molar-refractivity contribution in [2.75, 3.05) is 6.54 Å². The van der Waals surface area contributed by atoms with E-state index in [0.717, 1.165) is 41.8 Å². The molecule has 0 bridgehead atoms. The lowest BCUT2D eigenvalue weighted by molar-refractivity contribution is -0.120. The first-order valence-corrected chi connectivity index (χ1v) is 11.9. The third-order valence-corrected chi connectivity index (χ3v) is 6.15. The zero-order chi connectivity index (χ0) is 23.2. The highest BCUT2D eigenvalue weighted by atomic mass is 35.5. The van der Waals surface area contributed by atoms with Crippen molar-refractivity contribution in [1.29, 1.82) is 0 Å². The summed E-state index contributed by atoms with van der Waals surface area (Å²) in [6, 6.07) is 24.5. The summed E-state index contributed by atoms with van der Waals surface area (Å²) in [4.78, 5) is 17.2. The van der Waals surface area contributed by atoms with Gasteiger partial charge in [0.2, 0.25) is 5.91 Å². The van der Waals surface area contributed by atoms with Crippen LogP contribution in [0.4, 0.5) is 0 Å². The van der Waals surface area contributed by atoms with Crippen LogP contribution in [-0.2, 0) is 24.2 Å². The summed E-state index contributed by atoms with van der Waals surface area (Å²) in [7, 11) is 0. The number of rotatable bonds is 9. The van der Waals surface area contributed by atoms with Crippen LogP contribution in [0, 0.1) is 0 Å². The second kappa shape index (κ2) is 10.7. The molecule has 33 heavy (non-hydrogen) atoms. The maximum Gasteiger partial charge on any atom is 0.224 e. The Morgan fingerprint density at radius 3 is 2.39 bits per heavy atom. The molecule has 4 rings (SSSR count). The number of amides is 1. The van der Waals surface area contributed by atoms with Gasteiger partial charge in [0.05, 0.1) is 17.5 Å². The Kier molecular flexibility index (Phi) is 7.46. The second-order valence-corrected chi connectivity index (χ2v) is 9.19. The lowest BCUT2D eigenvalue weighted by atomic mass is 10.0. The van der Waals surface area contributed by atoms with Crippen molar-refractivity contribution in [2.45, 2.75) is 45.6 Å². The van der Waals surface area contributed by atoms with Crippen LogP contribution in [0.5, 0.6) is 0 Å². The molecule has 0 radical (unpaired) electrons. The highest BCUT2D eigenvalue weighted by Crippen LogP contribution is 2.21. The lowest BCUT2D eigenvalue weighted by Gasteiger charge is -2.12. The number of nitrogens with zero attached hydrogens (tertiary/aromatic N) is 2. The topological polar surface area (TPSA) is 46.9 Å². The first kappa shape index (κ1) is 23.1. The number of fused-ring (bicyclic) bond motifs is 1. The minimum Gasteiger partial charge on any atom is -0.356 e. The molecule has 0 saturated heterocycles. The number of para-hydroxylation sites is 2. The quantitative estimate of drug-likeness (QED) is 0.305. The molecule has 4 nitrogen and oxygen atoms in total. The molecule has 5 heteroatoms. The highest BCUT2D eigenvalue weighted by molar-refractivity contribution is 6.30. The highest BCUT2D eigenvalue weighted by Gasteiger charge is 2.12. The molecule has 1 heterocycles. The summed E-state index contributed by atoms with van der Waals surface area (Å²) < 4.78 is 2.30. The van der Waals surface area contributed by atoms with Crippen molar-refractivity contribution in [2.24, 2.45) is 0 Å². The Labute approximate surface area is 200 Å². The Hall–Kier alpha value is -3.11. The minimum atomic E-state index is 0.0241. The Morgan fingerprint density at radius 1 is 0.970 bits per heavy atom. The van der Waals surface area contributed by atoms with Crippen LogP contribution < -0.4 is 5.32 Å². The first-order valence-electron chi connectivity index (χ1n) is 11.5. The Balaban J connectivity index is 1.39. The molecule has 0 saturated carbocycles. The monoisotopic (exact) mass is 459 g/mol. The molecule has 1 N–H and O–H groups in total. The van der Waals surface area contributed by atoms with Crippen molar-refractivity contribution in [3.05, 3.63) is 100 Å². The number of benzene rings is 3. The molecule has 0 aliphatic heterocycles. The second-order valence-electron chi connectivity index (χ2n) is 8.76. The van der Waals surface area contributed by atoms with E-state index >= 15 is 0 Å². The van der Waals surface area contributed by atoms with Crippen LogP contribution >= 0.6 is 11.6 Å². The molecule has 1 amide bonds. The summed E-state index contributed by atoms with van der Waals surface area (Å²) in [5.41, 5.74) is 5.73. The Morgan fingerprint density at radius 2 is 1.67 bits per heavy atom. The zero-order valence-corrected chi connectivity index (χ0v) is 20.0. The molecule has 0 aliphatic rings. The van der Waals surface area contributed by atoms with Gasteiger partial charge in [-0.15, -0.1) is 0 Å². The van der Waals surface area contributed by atoms with Crippen LogP contribution in [0.3, 0.4) is 0 Å². The number of nitrogens with one attached hydrogen (secondary N) is 1. The third-order valence-electron chi connectivity index (χ3n) is 5.90. The molecule has 170 valence electrons. The van der Waals surface area contributed by atoms with Gasteiger partial charge >= 0.3 is 0 Å². The van der Waals surface area contributed by atoms with Crippen LogP contribution in [0.15, 0.2) is 72.8 Å². The van der Waals surface area contributed by atoms with Crippen LogP contribution in [-0.4, -0.2) is 22.0 Å². The summed E-state index contributed by atoms with van der Waals surface area (Å²) >= 11 is 5.91. The normalized spacial score (nSPS) is 11.3. The van der Waals surface area contributed by atoms with Crippen molar-refractivity contribution >= 4 is 28.5 Å². The molecule has 3 aromatic carbocycles. The molecular formula is C28H30ClN3O. The lowest BCUT2D eigenvalue weighted by Crippen LogP contribution is -2.26. The molecule has 0 spiro atoms. The molecule has 0 aliphatic carbocycles. The molecule has 0 unspecified atom stereocenters. The van der Waals surface area contributed by atoms with Gasteiger partial charge in [-0.05, 0) is 53.3 Å². The number of carbonyl (C=O) groups excluding carboxylic acids is 1. The minimum absolute atomic E-state index is 0.0241. The first-order chi connectivity index (χ1) is 16.0. The van der Waals surface area contributed by atoms with Gasteiger partial charge in [-0.25, -0.2) is 4.98 Å². The summed E-state index contributed by atoms with van der Waals surface area (Å²) in [6.07, 6.45) is 2.00. The summed E-state index contributed by atoms with van der Waals surface area (Å²) in [6.45, 7) is 5.84. The van der Waals surface area contributed by atoms with Gasteiger partial charge in [-0.1, -0.05) is 74.0 Å². The molecule has 0 fully saturated rings. The van der Waals surface area contributed by atoms with Gasteiger partial charge in [0.1, 0.15) is 5.82 Å². The van der Waals surface area contributed by atoms with E-state index in [1.165, 1.54) is 11.1 Å². The average molecular weight is 460 g/mol. The Bertz CT molecular complexity index is 1210. The van der Waals surface area contributed by atoms with E-state index in [0.29, 0.717) is 23.9 Å². The predicted octanol–water partition coefficient (Wildman–Crippen LogP) is 6.15. The van der Waals surface area contributed by atoms with E-state index in [-0.39, 0.29) is 5.91 Å². The maximum atomic E-state index is 12.3. The SMILES string of the molecule is CC(C)c1ccc(Cn2c(CCCNC(=O)Cc3ccc(Cl)cc3)nc3ccccc32)cc1. The van der Waals surface area contributed by atoms with E-state index in [1.807, 2.05) is 30.3 Å². The van der Waals surface area contributed by atoms with Gasteiger partial charge in [0.25, 0.3) is 0 Å². The number of hydrogen-bond donors (Lipinski definition) is 1. The van der Waals surface area contributed by atoms with Gasteiger partial charge in [-0.3, -0.25) is 4.79 Å². The number of aromatic nitrogens is 2. The average Bonchev–Trinajstić information content (AvgIpc) is 3.16. The fourth-order valence-corrected chi connectivity index (χ4v) is 4.13. The number of carbonyl (C=O) groups is 1. The number of hydrogen-bond acceptors (Lipinski definition) is 2. The third kappa shape index (κ3) is 6.02. The van der Waals surface area contributed by atoms with Crippen molar-refractivity contribution in [3.63, 3.8) is 0 Å². The van der Waals surface area contributed by atoms with Gasteiger partial charge in [-0.2, -0.15) is 0 Å². The van der Waals surface area contributed by atoms with Crippen molar-refractivity contribution in [3.8, 4) is 0 Å². The molecule has 4 aromatic rings. The maximum absolute atomic E-state index is 12.3. The molecule has 0 atom stereocenters. The van der Waals surface area contributed by atoms with Crippen molar-refractivity contribution < 1.29 is 4.79 Å². The van der Waals surface area contributed by atoms with E-state index in [1.54, 1.807) is 0 Å². The number of halogens is 1. The number of imidazole rings is 1. The molecule has 1 aromatic heterocycles. The largest absolute Gasteiger partial charge is 0.356 e. The van der Waals surface area contributed by atoms with Crippen LogP contribution in [0.1, 0.15) is 48.7 Å². The number of aryl methyl sites for hydroxylation is 1. The smallest absolute Gasteiger partial charge is 0.224 e.